The Morgan fingerprint density at radius 3 is 2.71 bits per heavy atom. The summed E-state index contributed by atoms with van der Waals surface area (Å²) in [7, 11) is 0. The Balaban J connectivity index is 1.96. The summed E-state index contributed by atoms with van der Waals surface area (Å²) < 4.78 is 2.02. The molecule has 2 aromatic heterocycles. The summed E-state index contributed by atoms with van der Waals surface area (Å²) in [5.41, 5.74) is 2.47. The van der Waals surface area contributed by atoms with Gasteiger partial charge in [0.2, 0.25) is 0 Å². The summed E-state index contributed by atoms with van der Waals surface area (Å²) in [6.45, 7) is 6.01. The first kappa shape index (κ1) is 11.8. The summed E-state index contributed by atoms with van der Waals surface area (Å²) in [5, 5.41) is 7.76. The molecule has 0 aliphatic carbocycles. The van der Waals surface area contributed by atoms with Crippen molar-refractivity contribution >= 4 is 0 Å². The summed E-state index contributed by atoms with van der Waals surface area (Å²) in [6.07, 6.45) is 5.49. The lowest BCUT2D eigenvalue weighted by atomic mass is 10.2. The smallest absolute Gasteiger partial charge is 0.0550 e. The summed E-state index contributed by atoms with van der Waals surface area (Å²) in [4.78, 5) is 4.01. The Bertz CT molecular complexity index is 449. The van der Waals surface area contributed by atoms with Crippen LogP contribution in [-0.4, -0.2) is 14.8 Å². The number of nitrogens with one attached hydrogen (secondary N) is 1. The number of pyridine rings is 1. The molecule has 17 heavy (non-hydrogen) atoms. The van der Waals surface area contributed by atoms with Crippen LogP contribution >= 0.6 is 0 Å². The van der Waals surface area contributed by atoms with Gasteiger partial charge in [0.25, 0.3) is 0 Å². The standard InChI is InChI=1S/C13H18N4/c1-3-17-13(6-9-16-17)11(2)15-10-12-4-7-14-8-5-12/h4-9,11,15H,3,10H2,1-2H3. The van der Waals surface area contributed by atoms with Gasteiger partial charge in [-0.2, -0.15) is 5.10 Å². The minimum atomic E-state index is 0.297. The average molecular weight is 230 g/mol. The molecular formula is C13H18N4. The molecule has 4 heteroatoms. The first-order valence-electron chi connectivity index (χ1n) is 5.95. The van der Waals surface area contributed by atoms with Gasteiger partial charge in [0.05, 0.1) is 5.69 Å². The second-order valence-electron chi connectivity index (χ2n) is 4.03. The lowest BCUT2D eigenvalue weighted by Gasteiger charge is -2.15. The largest absolute Gasteiger partial charge is 0.305 e. The van der Waals surface area contributed by atoms with Crippen molar-refractivity contribution in [1.82, 2.24) is 20.1 Å². The Morgan fingerprint density at radius 2 is 2.00 bits per heavy atom. The van der Waals surface area contributed by atoms with Crippen molar-refractivity contribution in [3.8, 4) is 0 Å². The van der Waals surface area contributed by atoms with Gasteiger partial charge in [-0.15, -0.1) is 0 Å². The monoisotopic (exact) mass is 230 g/mol. The molecule has 0 aliphatic heterocycles. The lowest BCUT2D eigenvalue weighted by molar-refractivity contribution is 0.509. The number of aryl methyl sites for hydroxylation is 1. The van der Waals surface area contributed by atoms with Crippen LogP contribution in [0.4, 0.5) is 0 Å². The first-order valence-corrected chi connectivity index (χ1v) is 5.95. The van der Waals surface area contributed by atoms with E-state index in [1.165, 1.54) is 11.3 Å². The maximum atomic E-state index is 4.28. The number of rotatable bonds is 5. The van der Waals surface area contributed by atoms with Crippen molar-refractivity contribution in [2.24, 2.45) is 0 Å². The molecule has 4 nitrogen and oxygen atoms in total. The minimum absolute atomic E-state index is 0.297. The molecule has 0 aromatic carbocycles. The fourth-order valence-corrected chi connectivity index (χ4v) is 1.85. The van der Waals surface area contributed by atoms with Crippen molar-refractivity contribution in [3.63, 3.8) is 0 Å². The quantitative estimate of drug-likeness (QED) is 0.855. The SMILES string of the molecule is CCn1nccc1C(C)NCc1ccncc1. The third kappa shape index (κ3) is 2.91. The molecule has 2 heterocycles. The Labute approximate surface area is 102 Å². The molecule has 90 valence electrons. The van der Waals surface area contributed by atoms with Gasteiger partial charge in [0, 0.05) is 37.7 Å². The van der Waals surface area contributed by atoms with Crippen LogP contribution in [0.3, 0.4) is 0 Å². The van der Waals surface area contributed by atoms with Gasteiger partial charge in [-0.25, -0.2) is 0 Å². The lowest BCUT2D eigenvalue weighted by Crippen LogP contribution is -2.21. The van der Waals surface area contributed by atoms with Crippen LogP contribution in [-0.2, 0) is 13.1 Å². The average Bonchev–Trinajstić information content (AvgIpc) is 2.85. The molecule has 0 aliphatic rings. The van der Waals surface area contributed by atoms with E-state index in [1.54, 1.807) is 0 Å². The maximum Gasteiger partial charge on any atom is 0.0550 e. The Morgan fingerprint density at radius 1 is 1.24 bits per heavy atom. The Kier molecular flexibility index (Phi) is 3.88. The minimum Gasteiger partial charge on any atom is -0.305 e. The zero-order valence-corrected chi connectivity index (χ0v) is 10.3. The third-order valence-electron chi connectivity index (χ3n) is 2.85. The summed E-state index contributed by atoms with van der Waals surface area (Å²) in [5.74, 6) is 0. The highest BCUT2D eigenvalue weighted by molar-refractivity contribution is 5.11. The van der Waals surface area contributed by atoms with Gasteiger partial charge >= 0.3 is 0 Å². The van der Waals surface area contributed by atoms with Crippen LogP contribution in [0.1, 0.15) is 31.1 Å². The molecule has 0 bridgehead atoms. The van der Waals surface area contributed by atoms with Gasteiger partial charge in [-0.05, 0) is 37.6 Å². The van der Waals surface area contributed by atoms with Gasteiger partial charge < -0.3 is 5.32 Å². The molecule has 2 rings (SSSR count). The van der Waals surface area contributed by atoms with Gasteiger partial charge in [-0.3, -0.25) is 9.67 Å². The van der Waals surface area contributed by atoms with Crippen LogP contribution in [0, 0.1) is 0 Å². The van der Waals surface area contributed by atoms with Crippen molar-refractivity contribution in [2.75, 3.05) is 0 Å². The van der Waals surface area contributed by atoms with Crippen LogP contribution in [0.2, 0.25) is 0 Å². The molecule has 0 fully saturated rings. The summed E-state index contributed by atoms with van der Waals surface area (Å²) in [6, 6.07) is 6.41. The van der Waals surface area contributed by atoms with Crippen molar-refractivity contribution < 1.29 is 0 Å². The number of aromatic nitrogens is 3. The van der Waals surface area contributed by atoms with E-state index >= 15 is 0 Å². The fourth-order valence-electron chi connectivity index (χ4n) is 1.85. The van der Waals surface area contributed by atoms with Crippen molar-refractivity contribution in [3.05, 3.63) is 48.0 Å². The first-order chi connectivity index (χ1) is 8.31. The zero-order chi connectivity index (χ0) is 12.1. The molecular weight excluding hydrogens is 212 g/mol. The highest BCUT2D eigenvalue weighted by atomic mass is 15.3. The zero-order valence-electron chi connectivity index (χ0n) is 10.3. The van der Waals surface area contributed by atoms with E-state index in [0.717, 1.165) is 13.1 Å². The maximum absolute atomic E-state index is 4.28. The van der Waals surface area contributed by atoms with E-state index < -0.39 is 0 Å². The number of hydrogen-bond acceptors (Lipinski definition) is 3. The molecule has 0 spiro atoms. The molecule has 0 radical (unpaired) electrons. The Hall–Kier alpha value is -1.68. The van der Waals surface area contributed by atoms with Gasteiger partial charge in [-0.1, -0.05) is 0 Å². The van der Waals surface area contributed by atoms with Crippen LogP contribution < -0.4 is 5.32 Å². The van der Waals surface area contributed by atoms with Crippen LogP contribution in [0.25, 0.3) is 0 Å². The fraction of sp³-hybridized carbons (Fsp3) is 0.385. The van der Waals surface area contributed by atoms with E-state index in [1.807, 2.05) is 35.4 Å². The topological polar surface area (TPSA) is 42.7 Å². The predicted octanol–water partition coefficient (Wildman–Crippen LogP) is 2.15. The number of hydrogen-bond donors (Lipinski definition) is 1. The van der Waals surface area contributed by atoms with E-state index in [0.29, 0.717) is 6.04 Å². The summed E-state index contributed by atoms with van der Waals surface area (Å²) >= 11 is 0. The van der Waals surface area contributed by atoms with Crippen molar-refractivity contribution in [1.29, 1.82) is 0 Å². The van der Waals surface area contributed by atoms with Gasteiger partial charge in [0.1, 0.15) is 0 Å². The predicted molar refractivity (Wildman–Crippen MR) is 67.4 cm³/mol. The molecule has 1 N–H and O–H groups in total. The highest BCUT2D eigenvalue weighted by Gasteiger charge is 2.09. The highest BCUT2D eigenvalue weighted by Crippen LogP contribution is 2.12. The van der Waals surface area contributed by atoms with Crippen molar-refractivity contribution in [2.45, 2.75) is 33.0 Å². The van der Waals surface area contributed by atoms with E-state index in [4.69, 9.17) is 0 Å². The van der Waals surface area contributed by atoms with E-state index in [9.17, 15) is 0 Å². The molecule has 0 amide bonds. The molecule has 2 aromatic rings. The molecule has 0 saturated heterocycles. The second-order valence-corrected chi connectivity index (χ2v) is 4.03. The van der Waals surface area contributed by atoms with Crippen LogP contribution in [0.5, 0.6) is 0 Å². The number of nitrogens with zero attached hydrogens (tertiary/aromatic N) is 3. The van der Waals surface area contributed by atoms with E-state index in [2.05, 4.69) is 35.3 Å². The molecule has 1 atom stereocenters. The normalized spacial score (nSPS) is 12.6. The van der Waals surface area contributed by atoms with Gasteiger partial charge in [0.15, 0.2) is 0 Å². The molecule has 1 unspecified atom stereocenters. The molecule has 0 saturated carbocycles. The third-order valence-corrected chi connectivity index (χ3v) is 2.85. The second kappa shape index (κ2) is 5.59. The van der Waals surface area contributed by atoms with E-state index in [-0.39, 0.29) is 0 Å². The van der Waals surface area contributed by atoms with Crippen LogP contribution in [0.15, 0.2) is 36.8 Å².